The van der Waals surface area contributed by atoms with Gasteiger partial charge in [0.05, 0.1) is 6.42 Å². The molecule has 0 saturated carbocycles. The van der Waals surface area contributed by atoms with E-state index < -0.39 is 0 Å². The van der Waals surface area contributed by atoms with Crippen LogP contribution < -0.4 is 11.1 Å². The number of hydrogen-bond acceptors (Lipinski definition) is 2. The zero-order valence-corrected chi connectivity index (χ0v) is 12.1. The highest BCUT2D eigenvalue weighted by molar-refractivity contribution is 6.30. The summed E-state index contributed by atoms with van der Waals surface area (Å²) in [6, 6.07) is 13.1. The third kappa shape index (κ3) is 3.59. The molecule has 0 aliphatic rings. The van der Waals surface area contributed by atoms with Crippen LogP contribution in [0.15, 0.2) is 42.5 Å². The summed E-state index contributed by atoms with van der Waals surface area (Å²) >= 11 is 5.90. The topological polar surface area (TPSA) is 55.1 Å². The SMILES string of the molecule is Cc1cc(Cl)ccc1NC(=O)Cc1ccccc1CN. The number of rotatable bonds is 4. The van der Waals surface area contributed by atoms with Crippen LogP contribution in [0.3, 0.4) is 0 Å². The number of anilines is 1. The van der Waals surface area contributed by atoms with Crippen LogP contribution in [0.1, 0.15) is 16.7 Å². The standard InChI is InChI=1S/C16H17ClN2O/c1-11-8-14(17)6-7-15(11)19-16(20)9-12-4-2-3-5-13(12)10-18/h2-8H,9-10,18H2,1H3,(H,19,20). The van der Waals surface area contributed by atoms with Gasteiger partial charge in [-0.25, -0.2) is 0 Å². The van der Waals surface area contributed by atoms with Crippen LogP contribution in [0.5, 0.6) is 0 Å². The molecule has 0 saturated heterocycles. The van der Waals surface area contributed by atoms with E-state index in [4.69, 9.17) is 17.3 Å². The van der Waals surface area contributed by atoms with Crippen LogP contribution in [-0.2, 0) is 17.8 Å². The molecule has 2 aromatic carbocycles. The summed E-state index contributed by atoms with van der Waals surface area (Å²) in [5.41, 5.74) is 9.35. The molecule has 0 bridgehead atoms. The molecule has 0 radical (unpaired) electrons. The molecule has 0 heterocycles. The van der Waals surface area contributed by atoms with Crippen molar-refractivity contribution in [2.75, 3.05) is 5.32 Å². The van der Waals surface area contributed by atoms with E-state index in [-0.39, 0.29) is 5.91 Å². The molecule has 1 amide bonds. The van der Waals surface area contributed by atoms with Gasteiger partial charge in [0.15, 0.2) is 0 Å². The van der Waals surface area contributed by atoms with Gasteiger partial charge in [-0.15, -0.1) is 0 Å². The van der Waals surface area contributed by atoms with Crippen molar-refractivity contribution in [3.8, 4) is 0 Å². The largest absolute Gasteiger partial charge is 0.326 e. The Balaban J connectivity index is 2.09. The van der Waals surface area contributed by atoms with Crippen molar-refractivity contribution in [3.05, 3.63) is 64.2 Å². The summed E-state index contributed by atoms with van der Waals surface area (Å²) in [6.07, 6.45) is 0.315. The van der Waals surface area contributed by atoms with E-state index in [0.29, 0.717) is 18.0 Å². The first kappa shape index (κ1) is 14.6. The van der Waals surface area contributed by atoms with E-state index in [9.17, 15) is 4.79 Å². The molecule has 0 aliphatic carbocycles. The molecule has 0 fully saturated rings. The van der Waals surface area contributed by atoms with Crippen molar-refractivity contribution in [1.29, 1.82) is 0 Å². The summed E-state index contributed by atoms with van der Waals surface area (Å²) in [5.74, 6) is -0.0590. The van der Waals surface area contributed by atoms with Crippen molar-refractivity contribution in [2.45, 2.75) is 19.9 Å². The Labute approximate surface area is 123 Å². The smallest absolute Gasteiger partial charge is 0.228 e. The molecule has 20 heavy (non-hydrogen) atoms. The molecule has 0 aromatic heterocycles. The molecular weight excluding hydrogens is 272 g/mol. The first-order valence-electron chi connectivity index (χ1n) is 6.43. The fraction of sp³-hybridized carbons (Fsp3) is 0.188. The molecule has 0 aliphatic heterocycles. The molecule has 4 heteroatoms. The van der Waals surface area contributed by atoms with Gasteiger partial charge in [-0.2, -0.15) is 0 Å². The summed E-state index contributed by atoms with van der Waals surface area (Å²) < 4.78 is 0. The van der Waals surface area contributed by atoms with Gasteiger partial charge in [0, 0.05) is 17.3 Å². The van der Waals surface area contributed by atoms with Crippen LogP contribution >= 0.6 is 11.6 Å². The number of carbonyl (C=O) groups excluding carboxylic acids is 1. The lowest BCUT2D eigenvalue weighted by atomic mass is 10.0. The van der Waals surface area contributed by atoms with Crippen molar-refractivity contribution in [1.82, 2.24) is 0 Å². The Bertz CT molecular complexity index is 626. The highest BCUT2D eigenvalue weighted by atomic mass is 35.5. The zero-order valence-electron chi connectivity index (χ0n) is 11.3. The van der Waals surface area contributed by atoms with Gasteiger partial charge in [-0.3, -0.25) is 4.79 Å². The van der Waals surface area contributed by atoms with E-state index in [1.807, 2.05) is 43.3 Å². The van der Waals surface area contributed by atoms with Crippen LogP contribution in [0, 0.1) is 6.92 Å². The number of aryl methyl sites for hydroxylation is 1. The Kier molecular flexibility index (Phi) is 4.77. The van der Waals surface area contributed by atoms with Crippen molar-refractivity contribution in [3.63, 3.8) is 0 Å². The van der Waals surface area contributed by atoms with E-state index in [1.54, 1.807) is 6.07 Å². The van der Waals surface area contributed by atoms with Gasteiger partial charge < -0.3 is 11.1 Å². The third-order valence-corrected chi connectivity index (χ3v) is 3.39. The minimum Gasteiger partial charge on any atom is -0.326 e. The fourth-order valence-corrected chi connectivity index (χ4v) is 2.29. The molecule has 0 spiro atoms. The van der Waals surface area contributed by atoms with Crippen LogP contribution in [0.2, 0.25) is 5.02 Å². The Morgan fingerprint density at radius 2 is 1.90 bits per heavy atom. The maximum atomic E-state index is 12.1. The summed E-state index contributed by atoms with van der Waals surface area (Å²) in [5, 5.41) is 3.56. The highest BCUT2D eigenvalue weighted by Gasteiger charge is 2.08. The lowest BCUT2D eigenvalue weighted by Gasteiger charge is -2.10. The van der Waals surface area contributed by atoms with E-state index in [0.717, 1.165) is 22.4 Å². The van der Waals surface area contributed by atoms with Crippen LogP contribution in [0.25, 0.3) is 0 Å². The Morgan fingerprint density at radius 1 is 1.20 bits per heavy atom. The number of carbonyl (C=O) groups is 1. The number of halogens is 1. The second kappa shape index (κ2) is 6.55. The Hall–Kier alpha value is -1.84. The average molecular weight is 289 g/mol. The van der Waals surface area contributed by atoms with Crippen molar-refractivity contribution < 1.29 is 4.79 Å². The molecule has 0 unspecified atom stereocenters. The first-order valence-corrected chi connectivity index (χ1v) is 6.81. The number of hydrogen-bond donors (Lipinski definition) is 2. The fourth-order valence-electron chi connectivity index (χ4n) is 2.06. The van der Waals surface area contributed by atoms with Crippen molar-refractivity contribution in [2.24, 2.45) is 5.73 Å². The molecule has 3 N–H and O–H groups in total. The molecule has 2 rings (SSSR count). The predicted octanol–water partition coefficient (Wildman–Crippen LogP) is 3.29. The zero-order chi connectivity index (χ0) is 14.5. The molecular formula is C16H17ClN2O. The summed E-state index contributed by atoms with van der Waals surface area (Å²) in [7, 11) is 0. The van der Waals surface area contributed by atoms with Crippen LogP contribution in [-0.4, -0.2) is 5.91 Å². The minimum atomic E-state index is -0.0590. The monoisotopic (exact) mass is 288 g/mol. The highest BCUT2D eigenvalue weighted by Crippen LogP contribution is 2.20. The second-order valence-corrected chi connectivity index (χ2v) is 5.09. The number of benzene rings is 2. The maximum Gasteiger partial charge on any atom is 0.228 e. The van der Waals surface area contributed by atoms with E-state index in [2.05, 4.69) is 5.32 Å². The first-order chi connectivity index (χ1) is 9.60. The lowest BCUT2D eigenvalue weighted by Crippen LogP contribution is -2.16. The van der Waals surface area contributed by atoms with Gasteiger partial charge in [-0.1, -0.05) is 35.9 Å². The van der Waals surface area contributed by atoms with Gasteiger partial charge >= 0.3 is 0 Å². The number of nitrogens with two attached hydrogens (primary N) is 1. The average Bonchev–Trinajstić information content (AvgIpc) is 2.42. The number of nitrogens with one attached hydrogen (secondary N) is 1. The van der Waals surface area contributed by atoms with E-state index in [1.165, 1.54) is 0 Å². The third-order valence-electron chi connectivity index (χ3n) is 3.15. The van der Waals surface area contributed by atoms with Gasteiger partial charge in [0.25, 0.3) is 0 Å². The summed E-state index contributed by atoms with van der Waals surface area (Å²) in [6.45, 7) is 2.35. The van der Waals surface area contributed by atoms with Crippen molar-refractivity contribution >= 4 is 23.2 Å². The van der Waals surface area contributed by atoms with E-state index >= 15 is 0 Å². The quantitative estimate of drug-likeness (QED) is 0.907. The second-order valence-electron chi connectivity index (χ2n) is 4.66. The molecule has 0 atom stereocenters. The van der Waals surface area contributed by atoms with Crippen LogP contribution in [0.4, 0.5) is 5.69 Å². The molecule has 104 valence electrons. The predicted molar refractivity (Wildman–Crippen MR) is 82.9 cm³/mol. The molecule has 2 aromatic rings. The van der Waals surface area contributed by atoms with Gasteiger partial charge in [-0.05, 0) is 41.8 Å². The number of amides is 1. The van der Waals surface area contributed by atoms with Gasteiger partial charge in [0.1, 0.15) is 0 Å². The Morgan fingerprint density at radius 3 is 2.55 bits per heavy atom. The molecule has 3 nitrogen and oxygen atoms in total. The minimum absolute atomic E-state index is 0.0590. The summed E-state index contributed by atoms with van der Waals surface area (Å²) in [4.78, 5) is 12.1. The normalized spacial score (nSPS) is 10.3. The lowest BCUT2D eigenvalue weighted by molar-refractivity contribution is -0.115. The maximum absolute atomic E-state index is 12.1. The van der Waals surface area contributed by atoms with Gasteiger partial charge in [0.2, 0.25) is 5.91 Å².